The molecule has 0 bridgehead atoms. The quantitative estimate of drug-likeness (QED) is 0.726. The van der Waals surface area contributed by atoms with Gasteiger partial charge >= 0.3 is 0 Å². The van der Waals surface area contributed by atoms with Gasteiger partial charge in [-0.2, -0.15) is 0 Å². The van der Waals surface area contributed by atoms with Gasteiger partial charge in [-0.25, -0.2) is 0 Å². The number of aromatic hydroxyl groups is 1. The highest BCUT2D eigenvalue weighted by Crippen LogP contribution is 2.12. The summed E-state index contributed by atoms with van der Waals surface area (Å²) in [6.45, 7) is 1.87. The SMILES string of the molecule is Cc1ccccc1O.O=Cc1ccco1. The van der Waals surface area contributed by atoms with E-state index in [2.05, 4.69) is 4.42 Å². The highest BCUT2D eigenvalue weighted by molar-refractivity contribution is 5.69. The van der Waals surface area contributed by atoms with Gasteiger partial charge in [0.1, 0.15) is 5.75 Å². The molecule has 2 aromatic rings. The van der Waals surface area contributed by atoms with Gasteiger partial charge in [0, 0.05) is 0 Å². The second-order valence-corrected chi connectivity index (χ2v) is 2.92. The fourth-order valence-corrected chi connectivity index (χ4v) is 0.922. The summed E-state index contributed by atoms with van der Waals surface area (Å²) >= 11 is 0. The van der Waals surface area contributed by atoms with Crippen molar-refractivity contribution in [3.63, 3.8) is 0 Å². The van der Waals surface area contributed by atoms with Crippen LogP contribution in [0.15, 0.2) is 47.1 Å². The molecule has 0 fully saturated rings. The minimum absolute atomic E-state index is 0.368. The Kier molecular flexibility index (Phi) is 4.16. The van der Waals surface area contributed by atoms with Crippen LogP contribution in [0.2, 0.25) is 0 Å². The van der Waals surface area contributed by atoms with E-state index in [9.17, 15) is 4.79 Å². The fourth-order valence-electron chi connectivity index (χ4n) is 0.922. The number of furan rings is 1. The van der Waals surface area contributed by atoms with Gasteiger partial charge in [-0.1, -0.05) is 18.2 Å². The van der Waals surface area contributed by atoms with Gasteiger partial charge in [-0.3, -0.25) is 4.79 Å². The summed E-state index contributed by atoms with van der Waals surface area (Å²) in [6.07, 6.45) is 2.13. The molecule has 0 unspecified atom stereocenters. The summed E-state index contributed by atoms with van der Waals surface area (Å²) in [6, 6.07) is 10.5. The van der Waals surface area contributed by atoms with Crippen LogP contribution in [0.1, 0.15) is 16.1 Å². The van der Waals surface area contributed by atoms with Crippen LogP contribution in [0.4, 0.5) is 0 Å². The Morgan fingerprint density at radius 1 is 1.20 bits per heavy atom. The van der Waals surface area contributed by atoms with Crippen LogP contribution in [0.3, 0.4) is 0 Å². The van der Waals surface area contributed by atoms with E-state index in [1.54, 1.807) is 18.2 Å². The molecule has 0 aliphatic rings. The molecule has 0 saturated carbocycles. The molecule has 78 valence electrons. The molecule has 1 heterocycles. The van der Waals surface area contributed by atoms with Crippen LogP contribution in [-0.2, 0) is 0 Å². The van der Waals surface area contributed by atoms with Gasteiger partial charge in [-0.15, -0.1) is 0 Å². The van der Waals surface area contributed by atoms with Crippen LogP contribution in [0.5, 0.6) is 5.75 Å². The lowest BCUT2D eigenvalue weighted by molar-refractivity contribution is 0.110. The number of rotatable bonds is 1. The number of benzene rings is 1. The average Bonchev–Trinajstić information content (AvgIpc) is 2.76. The first-order valence-electron chi connectivity index (χ1n) is 4.47. The van der Waals surface area contributed by atoms with Crippen LogP contribution in [-0.4, -0.2) is 11.4 Å². The largest absolute Gasteiger partial charge is 0.508 e. The van der Waals surface area contributed by atoms with E-state index in [1.807, 2.05) is 25.1 Å². The second kappa shape index (κ2) is 5.65. The Hall–Kier alpha value is -2.03. The Balaban J connectivity index is 0.000000151. The second-order valence-electron chi connectivity index (χ2n) is 2.92. The lowest BCUT2D eigenvalue weighted by Crippen LogP contribution is -1.68. The van der Waals surface area contributed by atoms with Crippen LogP contribution in [0, 0.1) is 6.92 Å². The van der Waals surface area contributed by atoms with E-state index in [-0.39, 0.29) is 0 Å². The molecule has 3 heteroatoms. The predicted molar refractivity (Wildman–Crippen MR) is 56.9 cm³/mol. The first kappa shape index (κ1) is 11.0. The van der Waals surface area contributed by atoms with Crippen molar-refractivity contribution < 1.29 is 14.3 Å². The third-order valence-electron chi connectivity index (χ3n) is 1.77. The molecule has 0 atom stereocenters. The maximum atomic E-state index is 9.77. The number of hydrogen-bond donors (Lipinski definition) is 1. The van der Waals surface area contributed by atoms with E-state index in [0.29, 0.717) is 17.8 Å². The molecular weight excluding hydrogens is 192 g/mol. The summed E-state index contributed by atoms with van der Waals surface area (Å²) in [4.78, 5) is 9.77. The van der Waals surface area contributed by atoms with E-state index in [4.69, 9.17) is 5.11 Å². The smallest absolute Gasteiger partial charge is 0.185 e. The lowest BCUT2D eigenvalue weighted by atomic mass is 10.2. The number of carbonyl (C=O) groups excluding carboxylic acids is 1. The highest BCUT2D eigenvalue weighted by atomic mass is 16.3. The number of hydrogen-bond acceptors (Lipinski definition) is 3. The highest BCUT2D eigenvalue weighted by Gasteiger charge is 1.87. The number of aldehydes is 1. The molecule has 0 aliphatic heterocycles. The van der Waals surface area contributed by atoms with Crippen LogP contribution < -0.4 is 0 Å². The zero-order chi connectivity index (χ0) is 11.1. The van der Waals surface area contributed by atoms with Crippen molar-refractivity contribution in [3.8, 4) is 5.75 Å². The maximum absolute atomic E-state index is 9.77. The molecule has 0 amide bonds. The summed E-state index contributed by atoms with van der Waals surface area (Å²) in [5, 5.41) is 8.92. The number of phenolic OH excluding ortho intramolecular Hbond substituents is 1. The Morgan fingerprint density at radius 2 is 1.93 bits per heavy atom. The number of aryl methyl sites for hydroxylation is 1. The van der Waals surface area contributed by atoms with Crippen molar-refractivity contribution in [2.45, 2.75) is 6.92 Å². The van der Waals surface area contributed by atoms with Crippen molar-refractivity contribution >= 4 is 6.29 Å². The monoisotopic (exact) mass is 204 g/mol. The van der Waals surface area contributed by atoms with Gasteiger partial charge in [-0.05, 0) is 30.7 Å². The molecule has 2 rings (SSSR count). The molecule has 0 spiro atoms. The standard InChI is InChI=1S/C7H8O.C5H4O2/c1-6-4-2-3-5-7(6)8;6-4-5-2-1-3-7-5/h2-5,8H,1H3;1-4H. The molecule has 0 aliphatic carbocycles. The van der Waals surface area contributed by atoms with Gasteiger partial charge in [0.15, 0.2) is 12.0 Å². The molecular formula is C12H12O3. The number of phenols is 1. The molecule has 3 nitrogen and oxygen atoms in total. The Morgan fingerprint density at radius 3 is 2.27 bits per heavy atom. The van der Waals surface area contributed by atoms with Crippen molar-refractivity contribution in [2.24, 2.45) is 0 Å². The fraction of sp³-hybridized carbons (Fsp3) is 0.0833. The van der Waals surface area contributed by atoms with Gasteiger partial charge in [0.25, 0.3) is 0 Å². The Labute approximate surface area is 88.0 Å². The van der Waals surface area contributed by atoms with Crippen molar-refractivity contribution in [1.82, 2.24) is 0 Å². The predicted octanol–water partition coefficient (Wildman–Crippen LogP) is 2.79. The van der Waals surface area contributed by atoms with Crippen molar-refractivity contribution in [2.75, 3.05) is 0 Å². The molecule has 0 saturated heterocycles. The minimum atomic E-state index is 0.368. The van der Waals surface area contributed by atoms with Crippen LogP contribution in [0.25, 0.3) is 0 Å². The summed E-state index contributed by atoms with van der Waals surface area (Å²) in [5.74, 6) is 0.743. The van der Waals surface area contributed by atoms with Gasteiger partial charge in [0.05, 0.1) is 6.26 Å². The van der Waals surface area contributed by atoms with Crippen molar-refractivity contribution in [3.05, 3.63) is 54.0 Å². The first-order chi connectivity index (χ1) is 7.24. The zero-order valence-corrected chi connectivity index (χ0v) is 8.38. The van der Waals surface area contributed by atoms with E-state index in [0.717, 1.165) is 5.56 Å². The number of para-hydroxylation sites is 1. The normalized spacial score (nSPS) is 8.87. The maximum Gasteiger partial charge on any atom is 0.185 e. The average molecular weight is 204 g/mol. The summed E-state index contributed by atoms with van der Waals surface area (Å²) in [7, 11) is 0. The van der Waals surface area contributed by atoms with Crippen LogP contribution >= 0.6 is 0 Å². The summed E-state index contributed by atoms with van der Waals surface area (Å²) < 4.78 is 4.61. The van der Waals surface area contributed by atoms with Gasteiger partial charge in [0.2, 0.25) is 0 Å². The number of carbonyl (C=O) groups is 1. The lowest BCUT2D eigenvalue weighted by Gasteiger charge is -1.92. The first-order valence-corrected chi connectivity index (χ1v) is 4.47. The molecule has 0 radical (unpaired) electrons. The van der Waals surface area contributed by atoms with Gasteiger partial charge < -0.3 is 9.52 Å². The summed E-state index contributed by atoms with van der Waals surface area (Å²) in [5.41, 5.74) is 0.924. The third-order valence-corrected chi connectivity index (χ3v) is 1.77. The topological polar surface area (TPSA) is 50.4 Å². The minimum Gasteiger partial charge on any atom is -0.508 e. The zero-order valence-electron chi connectivity index (χ0n) is 8.38. The van der Waals surface area contributed by atoms with E-state index in [1.165, 1.54) is 6.26 Å². The van der Waals surface area contributed by atoms with E-state index >= 15 is 0 Å². The molecule has 1 aromatic heterocycles. The van der Waals surface area contributed by atoms with E-state index < -0.39 is 0 Å². The molecule has 1 N–H and O–H groups in total. The molecule has 15 heavy (non-hydrogen) atoms. The van der Waals surface area contributed by atoms with Crippen molar-refractivity contribution in [1.29, 1.82) is 0 Å². The Bertz CT molecular complexity index is 384. The molecule has 1 aromatic carbocycles. The third kappa shape index (κ3) is 3.68.